The van der Waals surface area contributed by atoms with Crippen LogP contribution in [0, 0.1) is 48.9 Å². The summed E-state index contributed by atoms with van der Waals surface area (Å²) in [5.41, 5.74) is 12.7. The molecule has 1 amide bonds. The number of rotatable bonds is 33. The summed E-state index contributed by atoms with van der Waals surface area (Å²) < 4.78 is 29.4. The largest absolute Gasteiger partial charge is 0.494 e. The first-order chi connectivity index (χ1) is 69.6. The fourth-order valence-corrected chi connectivity index (χ4v) is 15.9. The number of ketones is 4. The van der Waals surface area contributed by atoms with Crippen molar-refractivity contribution >= 4 is 127 Å². The number of pyridine rings is 9. The molecule has 13 aromatic heterocycles. The number of Topliss-reactive ketones (excluding diaryl/α,β-unsaturated/α-hetero) is 4. The molecule has 8 N–H and O–H groups in total. The number of carbonyl (C=O) groups is 5. The second kappa shape index (κ2) is 42.8. The molecule has 1 aliphatic heterocycles. The van der Waals surface area contributed by atoms with Gasteiger partial charge < -0.3 is 66.4 Å². The van der Waals surface area contributed by atoms with Crippen molar-refractivity contribution in [2.45, 2.75) is 84.5 Å². The maximum atomic E-state index is 13.1. The predicted molar refractivity (Wildman–Crippen MR) is 539 cm³/mol. The molecular formula is C103H101N31O9. The van der Waals surface area contributed by atoms with Gasteiger partial charge in [-0.15, -0.1) is 0 Å². The average Bonchev–Trinajstić information content (AvgIpc) is 1.74. The molecule has 40 nitrogen and oxygen atoms in total. The summed E-state index contributed by atoms with van der Waals surface area (Å²) in [5.74, 6) is 9.84. The summed E-state index contributed by atoms with van der Waals surface area (Å²) in [6, 6.07) is 44.3. The van der Waals surface area contributed by atoms with Crippen LogP contribution in [0.2, 0.25) is 0 Å². The molecule has 3 aromatic carbocycles. The monoisotopic (exact) mass is 1920 g/mol. The maximum Gasteiger partial charge on any atom is 0.227 e. The van der Waals surface area contributed by atoms with Gasteiger partial charge in [0.15, 0.2) is 75.2 Å². The quantitative estimate of drug-likeness (QED) is 0.0177. The van der Waals surface area contributed by atoms with Gasteiger partial charge in [0.2, 0.25) is 5.91 Å². The minimum atomic E-state index is 0.0242. The first-order valence-corrected chi connectivity index (χ1v) is 46.4. The Morgan fingerprint density at radius 3 is 1.10 bits per heavy atom. The third-order valence-electron chi connectivity index (χ3n) is 24.0. The zero-order valence-corrected chi connectivity index (χ0v) is 80.0. The second-order valence-corrected chi connectivity index (χ2v) is 34.7. The van der Waals surface area contributed by atoms with Crippen LogP contribution in [-0.4, -0.2) is 168 Å². The number of aryl methyl sites for hydroxylation is 6. The van der Waals surface area contributed by atoms with Crippen molar-refractivity contribution in [3.05, 3.63) is 253 Å². The number of nitrogens with zero attached hydrogens (tertiary/aromatic N) is 23. The van der Waals surface area contributed by atoms with Crippen LogP contribution in [0.25, 0.3) is 45.6 Å². The van der Waals surface area contributed by atoms with E-state index < -0.39 is 0 Å². The number of amides is 1. The van der Waals surface area contributed by atoms with Crippen LogP contribution in [0.5, 0.6) is 23.0 Å². The van der Waals surface area contributed by atoms with Crippen LogP contribution in [0.3, 0.4) is 0 Å². The second-order valence-electron chi connectivity index (χ2n) is 34.7. The summed E-state index contributed by atoms with van der Waals surface area (Å²) in [4.78, 5) is 123. The summed E-state index contributed by atoms with van der Waals surface area (Å²) in [6.45, 7) is 4.77. The number of hydrogen-bond acceptors (Lipinski definition) is 35. The van der Waals surface area contributed by atoms with Crippen molar-refractivity contribution in [1.82, 2.24) is 104 Å². The van der Waals surface area contributed by atoms with Crippen molar-refractivity contribution < 1.29 is 42.9 Å². The topological polar surface area (TPSA) is 484 Å². The average molecular weight is 1920 g/mol. The molecule has 722 valence electrons. The highest BCUT2D eigenvalue weighted by atomic mass is 16.5. The van der Waals surface area contributed by atoms with Crippen LogP contribution >= 0.6 is 0 Å². The molecule has 1 saturated heterocycles. The standard InChI is InChI=1S/C29H30N8O3.C26H27N7O2.C25H22N8O2.C23H22N8O2/c1-36-17-32-29(35-36)20-6-5-7-22(28(20)40-2)33-23-14-25(31-16-21(23)27(39)18-9-10-18)34-24-12-11-19(15-30-24)37-13-4-3-8-26(37)38;1-15-10-22(27-12-16(15)2)31-23-11-21(19(13-28-23)24(34)17-8-9-17)30-20-7-5-6-18(25(20)35-4)26-29-14-33(3)32-26;1-33-14-28-25(32-33)17-6-4-7-19(24(17)35-2)30-20-11-22(27-13-18(20)23(34)15-9-10-15)31-21-8-3-5-16(12-26)29-21;1-31-13-27-22(30-31)15-8-10-25-23(21(15)33-2)28-17-11-19(29-18-5-3-4-9-24-18)26-12-16(17)20(32)14-6-7-14/h5-7,11-12,14-18H,3-4,8-10,13H2,1-2H3,(H2,30,31,33,34);5-7,10-14,17H,8-9H2,1-4H3,(H2,27,28,30,31);3-8,11,13-15H,9-10H2,1-2H3,(H2,27,29,30,31);3-5,8-14H,6-7H2,1-2H3,(H2,24,25,26,28,29). The van der Waals surface area contributed by atoms with Crippen molar-refractivity contribution in [2.24, 2.45) is 51.9 Å². The lowest BCUT2D eigenvalue weighted by atomic mass is 10.1. The molecule has 143 heavy (non-hydrogen) atoms. The molecule has 14 heterocycles. The van der Waals surface area contributed by atoms with Crippen molar-refractivity contribution in [3.8, 4) is 74.6 Å². The smallest absolute Gasteiger partial charge is 0.227 e. The van der Waals surface area contributed by atoms with E-state index in [1.54, 1.807) is 177 Å². The molecule has 0 bridgehead atoms. The fourth-order valence-electron chi connectivity index (χ4n) is 15.9. The van der Waals surface area contributed by atoms with E-state index in [0.717, 1.165) is 97.7 Å². The highest BCUT2D eigenvalue weighted by Crippen LogP contribution is 2.46. The number of methoxy groups -OCH3 is 4. The number of benzene rings is 3. The number of nitrogens with one attached hydrogen (secondary N) is 8. The Hall–Kier alpha value is -18.2. The molecule has 5 fully saturated rings. The van der Waals surface area contributed by atoms with Gasteiger partial charge in [-0.3, -0.25) is 42.7 Å². The van der Waals surface area contributed by atoms with Gasteiger partial charge in [-0.2, -0.15) is 25.7 Å². The summed E-state index contributed by atoms with van der Waals surface area (Å²) in [5, 5.41) is 52.9. The van der Waals surface area contributed by atoms with Gasteiger partial charge in [0, 0.05) is 132 Å². The summed E-state index contributed by atoms with van der Waals surface area (Å²) in [6.07, 6.45) is 29.4. The van der Waals surface area contributed by atoms with Crippen LogP contribution in [-0.2, 0) is 33.0 Å². The zero-order chi connectivity index (χ0) is 99.3. The van der Waals surface area contributed by atoms with Crippen LogP contribution in [0.15, 0.2) is 214 Å². The number of anilines is 17. The SMILES string of the molecule is COc1c(-c2ncn(C)n2)ccnc1Nc1cc(Nc2ccccn2)ncc1C(=O)C1CC1.COc1c(Nc2cc(Nc3cc(C)c(C)cn3)ncc2C(=O)C2CC2)cccc1-c1ncn(C)n1.COc1c(Nc2cc(Nc3ccc(N4CCCCC4=O)cn3)ncc2C(=O)C2CC2)cccc1-c1ncn(C)n1.COc1c(Nc2cc(Nc3cccc(C#N)n3)ncc2C(=O)C2CC2)cccc1-c1ncn(C)n1. The predicted octanol–water partition coefficient (Wildman–Crippen LogP) is 17.8. The van der Waals surface area contributed by atoms with Crippen LogP contribution in [0.4, 0.5) is 97.9 Å². The number of piperidine rings is 1. The third-order valence-corrected chi connectivity index (χ3v) is 24.0. The lowest BCUT2D eigenvalue weighted by molar-refractivity contribution is -0.119. The number of nitriles is 1. The van der Waals surface area contributed by atoms with E-state index in [1.807, 2.05) is 137 Å². The highest BCUT2D eigenvalue weighted by Gasteiger charge is 2.37. The van der Waals surface area contributed by atoms with Gasteiger partial charge in [0.05, 0.1) is 125 Å². The molecular weight excluding hydrogens is 1820 g/mol. The first-order valence-electron chi connectivity index (χ1n) is 46.4. The molecule has 0 radical (unpaired) electrons. The minimum Gasteiger partial charge on any atom is -0.494 e. The lowest BCUT2D eigenvalue weighted by Gasteiger charge is -2.26. The zero-order valence-electron chi connectivity index (χ0n) is 80.0. The molecule has 16 aromatic rings. The lowest BCUT2D eigenvalue weighted by Crippen LogP contribution is -2.35. The van der Waals surface area contributed by atoms with Crippen molar-refractivity contribution in [3.63, 3.8) is 0 Å². The Kier molecular flexibility index (Phi) is 28.5. The van der Waals surface area contributed by atoms with Gasteiger partial charge in [-0.05, 0) is 174 Å². The molecule has 4 saturated carbocycles. The third kappa shape index (κ3) is 22.8. The van der Waals surface area contributed by atoms with E-state index >= 15 is 0 Å². The highest BCUT2D eigenvalue weighted by molar-refractivity contribution is 6.08. The first kappa shape index (κ1) is 95.1. The van der Waals surface area contributed by atoms with Gasteiger partial charge in [-0.25, -0.2) is 64.8 Å². The molecule has 5 aliphatic rings. The molecule has 0 unspecified atom stereocenters. The summed E-state index contributed by atoms with van der Waals surface area (Å²) in [7, 11) is 13.6. The molecule has 21 rings (SSSR count). The van der Waals surface area contributed by atoms with E-state index in [-0.39, 0.29) is 52.7 Å². The van der Waals surface area contributed by atoms with E-state index in [9.17, 15) is 24.0 Å². The Labute approximate surface area is 821 Å². The van der Waals surface area contributed by atoms with Gasteiger partial charge in [0.1, 0.15) is 83.6 Å². The minimum absolute atomic E-state index is 0.0242. The fraction of sp³-hybridized carbons (Fsp3) is 0.252. The number of aromatic nitrogens is 21. The Morgan fingerprint density at radius 2 is 0.727 bits per heavy atom. The number of hydrogen-bond donors (Lipinski definition) is 8. The van der Waals surface area contributed by atoms with Gasteiger partial charge in [0.25, 0.3) is 0 Å². The Morgan fingerprint density at radius 1 is 0.350 bits per heavy atom. The normalized spacial score (nSPS) is 13.5. The maximum absolute atomic E-state index is 13.1. The van der Waals surface area contributed by atoms with Crippen LogP contribution < -0.4 is 66.4 Å². The Balaban J connectivity index is 0.000000126. The Bertz CT molecular complexity index is 7470. The van der Waals surface area contributed by atoms with E-state index in [1.165, 1.54) is 0 Å². The van der Waals surface area contributed by atoms with Crippen molar-refractivity contribution in [1.29, 1.82) is 5.26 Å². The van der Waals surface area contributed by atoms with E-state index in [0.29, 0.717) is 185 Å². The van der Waals surface area contributed by atoms with Gasteiger partial charge >= 0.3 is 0 Å². The number of carbonyl (C=O) groups excluding carboxylic acids is 5. The van der Waals surface area contributed by atoms with E-state index in [2.05, 4.69) is 128 Å². The molecule has 40 heteroatoms. The molecule has 4 aliphatic carbocycles. The van der Waals surface area contributed by atoms with Crippen molar-refractivity contribution in [2.75, 3.05) is 82.4 Å². The van der Waals surface area contributed by atoms with Crippen LogP contribution in [0.1, 0.15) is 129 Å². The number of ether oxygens (including phenoxy) is 4. The van der Waals surface area contributed by atoms with E-state index in [4.69, 9.17) is 24.2 Å². The molecule has 0 spiro atoms. The molecule has 0 atom stereocenters. The van der Waals surface area contributed by atoms with Gasteiger partial charge in [-0.1, -0.05) is 30.3 Å². The summed E-state index contributed by atoms with van der Waals surface area (Å²) >= 11 is 0. The number of para-hydroxylation sites is 3.